The molecule has 0 saturated heterocycles. The van der Waals surface area contributed by atoms with Gasteiger partial charge in [0.15, 0.2) is 0 Å². The van der Waals surface area contributed by atoms with E-state index in [0.717, 1.165) is 45.8 Å². The summed E-state index contributed by atoms with van der Waals surface area (Å²) in [5.74, 6) is -0.356. The summed E-state index contributed by atoms with van der Waals surface area (Å²) in [5.41, 5.74) is 4.42. The van der Waals surface area contributed by atoms with Crippen LogP contribution in [-0.4, -0.2) is 27.1 Å². The van der Waals surface area contributed by atoms with Gasteiger partial charge in [0.1, 0.15) is 6.54 Å². The van der Waals surface area contributed by atoms with Crippen molar-refractivity contribution >= 4 is 27.3 Å². The number of nitrogens with one attached hydrogen (secondary N) is 1. The van der Waals surface area contributed by atoms with Gasteiger partial charge in [0, 0.05) is 5.69 Å². The molecular weight excluding hydrogens is 384 g/mol. The number of carbonyl (C=O) groups excluding carboxylic acids is 1. The molecule has 158 valence electrons. The van der Waals surface area contributed by atoms with Gasteiger partial charge in [-0.3, -0.25) is 9.10 Å². The second kappa shape index (κ2) is 8.99. The number of para-hydroxylation sites is 1. The lowest BCUT2D eigenvalue weighted by Crippen LogP contribution is -2.37. The number of sulfonamides is 1. The van der Waals surface area contributed by atoms with Crippen molar-refractivity contribution < 1.29 is 13.2 Å². The first-order valence-corrected chi connectivity index (χ1v) is 11.8. The van der Waals surface area contributed by atoms with E-state index in [4.69, 9.17) is 0 Å². The maximum absolute atomic E-state index is 12.8. The first kappa shape index (κ1) is 22.9. The minimum atomic E-state index is -3.61. The number of rotatable bonds is 7. The number of amides is 1. The van der Waals surface area contributed by atoms with Gasteiger partial charge in [-0.05, 0) is 47.1 Å². The zero-order chi connectivity index (χ0) is 21.8. The Morgan fingerprint density at radius 1 is 0.966 bits per heavy atom. The maximum atomic E-state index is 12.8. The van der Waals surface area contributed by atoms with Gasteiger partial charge >= 0.3 is 0 Å². The van der Waals surface area contributed by atoms with E-state index in [1.165, 1.54) is 0 Å². The number of aryl methyl sites for hydroxylation is 2. The Bertz CT molecular complexity index is 936. The zero-order valence-corrected chi connectivity index (χ0v) is 19.1. The Hall–Kier alpha value is -2.34. The first-order chi connectivity index (χ1) is 13.5. The highest BCUT2D eigenvalue weighted by molar-refractivity contribution is 7.92. The molecule has 2 aromatic rings. The second-order valence-electron chi connectivity index (χ2n) is 8.27. The van der Waals surface area contributed by atoms with Gasteiger partial charge in [-0.1, -0.05) is 65.0 Å². The number of hydrogen-bond donors (Lipinski definition) is 1. The molecule has 2 rings (SSSR count). The van der Waals surface area contributed by atoms with E-state index in [2.05, 4.69) is 26.1 Å². The molecule has 0 bridgehead atoms. The smallest absolute Gasteiger partial charge is 0.245 e. The molecule has 0 spiro atoms. The van der Waals surface area contributed by atoms with E-state index in [9.17, 15) is 13.2 Å². The molecule has 2 aromatic carbocycles. The predicted octanol–water partition coefficient (Wildman–Crippen LogP) is 4.51. The van der Waals surface area contributed by atoms with Crippen LogP contribution in [0.2, 0.25) is 0 Å². The van der Waals surface area contributed by atoms with Gasteiger partial charge in [0.05, 0.1) is 11.9 Å². The fourth-order valence-electron chi connectivity index (χ4n) is 3.24. The molecule has 5 nitrogen and oxygen atoms in total. The molecular formula is C23H32N2O3S. The van der Waals surface area contributed by atoms with Crippen molar-refractivity contribution in [3.8, 4) is 0 Å². The number of carbonyl (C=O) groups is 1. The Balaban J connectivity index is 2.30. The number of nitrogens with zero attached hydrogens (tertiary/aromatic N) is 1. The largest absolute Gasteiger partial charge is 0.324 e. The van der Waals surface area contributed by atoms with Crippen LogP contribution in [0.4, 0.5) is 11.4 Å². The summed E-state index contributed by atoms with van der Waals surface area (Å²) in [6, 6.07) is 13.3. The van der Waals surface area contributed by atoms with E-state index in [0.29, 0.717) is 5.69 Å². The van der Waals surface area contributed by atoms with Crippen LogP contribution in [0.3, 0.4) is 0 Å². The molecule has 6 heteroatoms. The van der Waals surface area contributed by atoms with Gasteiger partial charge < -0.3 is 5.32 Å². The van der Waals surface area contributed by atoms with Crippen molar-refractivity contribution in [2.24, 2.45) is 0 Å². The molecule has 0 aliphatic rings. The predicted molar refractivity (Wildman–Crippen MR) is 121 cm³/mol. The van der Waals surface area contributed by atoms with Gasteiger partial charge in [0.2, 0.25) is 15.9 Å². The van der Waals surface area contributed by atoms with Crippen LogP contribution in [0.1, 0.15) is 51.3 Å². The third kappa shape index (κ3) is 5.82. The number of hydrogen-bond acceptors (Lipinski definition) is 3. The van der Waals surface area contributed by atoms with Crippen molar-refractivity contribution in [2.75, 3.05) is 22.4 Å². The fourth-order valence-corrected chi connectivity index (χ4v) is 4.10. The van der Waals surface area contributed by atoms with Crippen molar-refractivity contribution in [1.29, 1.82) is 0 Å². The molecule has 0 heterocycles. The maximum Gasteiger partial charge on any atom is 0.245 e. The van der Waals surface area contributed by atoms with E-state index < -0.39 is 10.0 Å². The Morgan fingerprint density at radius 3 is 1.90 bits per heavy atom. The van der Waals surface area contributed by atoms with E-state index in [-0.39, 0.29) is 17.9 Å². The van der Waals surface area contributed by atoms with Crippen LogP contribution in [0, 0.1) is 0 Å². The molecule has 0 fully saturated rings. The highest BCUT2D eigenvalue weighted by Crippen LogP contribution is 2.26. The molecule has 0 saturated carbocycles. The van der Waals surface area contributed by atoms with E-state index >= 15 is 0 Å². The third-order valence-corrected chi connectivity index (χ3v) is 6.11. The summed E-state index contributed by atoms with van der Waals surface area (Å²) >= 11 is 0. The van der Waals surface area contributed by atoms with Crippen LogP contribution < -0.4 is 9.62 Å². The molecule has 0 atom stereocenters. The summed E-state index contributed by atoms with van der Waals surface area (Å²) in [4.78, 5) is 12.8. The van der Waals surface area contributed by atoms with Crippen LogP contribution in [-0.2, 0) is 33.1 Å². The molecule has 1 N–H and O–H groups in total. The van der Waals surface area contributed by atoms with Crippen LogP contribution >= 0.6 is 0 Å². The lowest BCUT2D eigenvalue weighted by molar-refractivity contribution is -0.114. The molecule has 0 radical (unpaired) electrons. The second-order valence-corrected chi connectivity index (χ2v) is 10.2. The van der Waals surface area contributed by atoms with Crippen molar-refractivity contribution in [3.05, 3.63) is 59.2 Å². The minimum Gasteiger partial charge on any atom is -0.324 e. The lowest BCUT2D eigenvalue weighted by atomic mass is 9.87. The molecule has 0 unspecified atom stereocenters. The van der Waals surface area contributed by atoms with Crippen LogP contribution in [0.25, 0.3) is 0 Å². The first-order valence-electron chi connectivity index (χ1n) is 9.96. The summed E-state index contributed by atoms with van der Waals surface area (Å²) in [6.07, 6.45) is 2.69. The SMILES string of the molecule is CCc1cccc(CC)c1NC(=O)CN(c1ccc(C(C)(C)C)cc1)S(C)(=O)=O. The van der Waals surface area contributed by atoms with Gasteiger partial charge in [0.25, 0.3) is 0 Å². The summed E-state index contributed by atoms with van der Waals surface area (Å²) < 4.78 is 25.9. The van der Waals surface area contributed by atoms with E-state index in [1.807, 2.05) is 44.2 Å². The van der Waals surface area contributed by atoms with Crippen LogP contribution in [0.5, 0.6) is 0 Å². The monoisotopic (exact) mass is 416 g/mol. The highest BCUT2D eigenvalue weighted by Gasteiger charge is 2.23. The Kier molecular flexibility index (Phi) is 7.11. The minimum absolute atomic E-state index is 0.0355. The lowest BCUT2D eigenvalue weighted by Gasteiger charge is -2.24. The third-order valence-electron chi connectivity index (χ3n) is 4.97. The van der Waals surface area contributed by atoms with Gasteiger partial charge in [-0.15, -0.1) is 0 Å². The average Bonchev–Trinajstić information content (AvgIpc) is 2.64. The standard InChI is InChI=1S/C23H32N2O3S/c1-7-17-10-9-11-18(8-2)22(17)24-21(26)16-25(29(6,27)28)20-14-12-19(13-15-20)23(3,4)5/h9-15H,7-8,16H2,1-6H3,(H,24,26). The zero-order valence-electron chi connectivity index (χ0n) is 18.2. The number of anilines is 2. The summed E-state index contributed by atoms with van der Waals surface area (Å²) in [6.45, 7) is 10.1. The molecule has 0 aromatic heterocycles. The van der Waals surface area contributed by atoms with Gasteiger partial charge in [-0.25, -0.2) is 8.42 Å². The van der Waals surface area contributed by atoms with E-state index in [1.54, 1.807) is 12.1 Å². The highest BCUT2D eigenvalue weighted by atomic mass is 32.2. The molecule has 0 aliphatic heterocycles. The van der Waals surface area contributed by atoms with Crippen molar-refractivity contribution in [2.45, 2.75) is 52.9 Å². The fraction of sp³-hybridized carbons (Fsp3) is 0.435. The molecule has 29 heavy (non-hydrogen) atoms. The topological polar surface area (TPSA) is 66.5 Å². The van der Waals surface area contributed by atoms with Crippen LogP contribution in [0.15, 0.2) is 42.5 Å². The van der Waals surface area contributed by atoms with Gasteiger partial charge in [-0.2, -0.15) is 0 Å². The normalized spacial score (nSPS) is 11.9. The van der Waals surface area contributed by atoms with Crippen molar-refractivity contribution in [3.63, 3.8) is 0 Å². The number of benzene rings is 2. The Morgan fingerprint density at radius 2 is 1.48 bits per heavy atom. The quantitative estimate of drug-likeness (QED) is 0.722. The summed E-state index contributed by atoms with van der Waals surface area (Å²) in [7, 11) is -3.61. The van der Waals surface area contributed by atoms with Crippen molar-refractivity contribution in [1.82, 2.24) is 0 Å². The summed E-state index contributed by atoms with van der Waals surface area (Å²) in [5, 5.41) is 2.94. The Labute approximate surface area is 175 Å². The average molecular weight is 417 g/mol. The molecule has 0 aliphatic carbocycles. The molecule has 1 amide bonds.